The molecule has 1 aliphatic heterocycles. The maximum absolute atomic E-state index is 14.8. The Morgan fingerprint density at radius 2 is 1.74 bits per heavy atom. The van der Waals surface area contributed by atoms with Gasteiger partial charge in [-0.25, -0.2) is 26.9 Å². The van der Waals surface area contributed by atoms with Gasteiger partial charge >= 0.3 is 7.12 Å². The molecule has 53 heavy (non-hydrogen) atoms. The molecule has 0 spiro atoms. The Hall–Kier alpha value is -5.87. The average Bonchev–Trinajstić information content (AvgIpc) is 3.73. The van der Waals surface area contributed by atoms with Crippen molar-refractivity contribution in [2.75, 3.05) is 7.05 Å². The number of hydrogen-bond acceptors (Lipinski definition) is 8. The van der Waals surface area contributed by atoms with Crippen LogP contribution in [-0.4, -0.2) is 48.1 Å². The van der Waals surface area contributed by atoms with Gasteiger partial charge in [0.1, 0.15) is 34.4 Å². The number of carbonyl (C=O) groups excluding carboxylic acids is 1. The van der Waals surface area contributed by atoms with Crippen LogP contribution in [0.5, 0.6) is 5.75 Å². The molecule has 0 aliphatic carbocycles. The number of ether oxygens (including phenoxy) is 1. The summed E-state index contributed by atoms with van der Waals surface area (Å²) in [6.45, 7) is 0.0605. The van der Waals surface area contributed by atoms with E-state index in [1.54, 1.807) is 59.2 Å². The number of rotatable bonds is 9. The van der Waals surface area contributed by atoms with Crippen LogP contribution in [0.4, 0.5) is 8.78 Å². The normalized spacial score (nSPS) is 12.4. The van der Waals surface area contributed by atoms with Crippen LogP contribution in [0.2, 0.25) is 0 Å². The van der Waals surface area contributed by atoms with Gasteiger partial charge in [-0.15, -0.1) is 0 Å². The van der Waals surface area contributed by atoms with Crippen molar-refractivity contribution in [3.8, 4) is 39.7 Å². The molecule has 0 radical (unpaired) electrons. The minimum absolute atomic E-state index is 0.0758. The summed E-state index contributed by atoms with van der Waals surface area (Å²) in [6.07, 6.45) is 0. The summed E-state index contributed by atoms with van der Waals surface area (Å²) in [5, 5.41) is 22.2. The standard InChI is InChI=1S/C38H29BF2N4O7S/c1-42-38(46)35-28-16-26(30-13-14-33-36(44-30)32-17-27-29(41)3-2-4-31(27)45(32)20-51-33)23(15-34(28)52-37(35)22-7-11-25(40)12-8-22)19-53(49,50)43-18-21-5-9-24(10-6-21)39(47)48/h2-17,43,47-48H,18-20H2,1H3,(H,42,46). The number of pyridine rings is 1. The summed E-state index contributed by atoms with van der Waals surface area (Å²) in [6, 6.07) is 24.6. The molecule has 1 amide bonds. The van der Waals surface area contributed by atoms with E-state index in [9.17, 15) is 32.0 Å². The predicted molar refractivity (Wildman–Crippen MR) is 195 cm³/mol. The second-order valence-corrected chi connectivity index (χ2v) is 14.3. The summed E-state index contributed by atoms with van der Waals surface area (Å²) >= 11 is 0. The van der Waals surface area contributed by atoms with Gasteiger partial charge in [0.05, 0.1) is 28.2 Å². The largest absolute Gasteiger partial charge is 0.488 e. The van der Waals surface area contributed by atoms with E-state index in [0.717, 1.165) is 0 Å². The number of sulfonamides is 1. The highest BCUT2D eigenvalue weighted by Gasteiger charge is 2.28. The van der Waals surface area contributed by atoms with E-state index < -0.39 is 40.4 Å². The Kier molecular flexibility index (Phi) is 8.58. The predicted octanol–water partition coefficient (Wildman–Crippen LogP) is 5.07. The van der Waals surface area contributed by atoms with E-state index in [1.807, 2.05) is 0 Å². The highest BCUT2D eigenvalue weighted by Crippen LogP contribution is 2.42. The van der Waals surface area contributed by atoms with Gasteiger partial charge in [-0.2, -0.15) is 0 Å². The lowest BCUT2D eigenvalue weighted by Crippen LogP contribution is -2.30. The minimum atomic E-state index is -4.04. The van der Waals surface area contributed by atoms with Crippen LogP contribution in [0, 0.1) is 11.6 Å². The molecular weight excluding hydrogens is 705 g/mol. The highest BCUT2D eigenvalue weighted by atomic mass is 32.2. The molecule has 11 nitrogen and oxygen atoms in total. The van der Waals surface area contributed by atoms with Gasteiger partial charge in [0.15, 0.2) is 6.73 Å². The number of hydrogen-bond donors (Lipinski definition) is 4. The molecule has 15 heteroatoms. The van der Waals surface area contributed by atoms with E-state index in [0.29, 0.717) is 61.4 Å². The van der Waals surface area contributed by atoms with Gasteiger partial charge in [-0.05, 0) is 83.3 Å². The van der Waals surface area contributed by atoms with Gasteiger partial charge < -0.3 is 29.1 Å². The topological polar surface area (TPSA) is 156 Å². The van der Waals surface area contributed by atoms with Crippen molar-refractivity contribution in [2.24, 2.45) is 0 Å². The number of halogens is 2. The van der Waals surface area contributed by atoms with E-state index >= 15 is 0 Å². The van der Waals surface area contributed by atoms with E-state index in [2.05, 4.69) is 10.0 Å². The van der Waals surface area contributed by atoms with Crippen molar-refractivity contribution >= 4 is 50.4 Å². The van der Waals surface area contributed by atoms with Gasteiger partial charge in [0.2, 0.25) is 10.0 Å². The molecule has 4 N–H and O–H groups in total. The summed E-state index contributed by atoms with van der Waals surface area (Å²) < 4.78 is 72.7. The Morgan fingerprint density at radius 3 is 2.47 bits per heavy atom. The van der Waals surface area contributed by atoms with E-state index in [4.69, 9.17) is 14.1 Å². The smallest absolute Gasteiger partial charge is 0.470 e. The van der Waals surface area contributed by atoms with Crippen molar-refractivity contribution in [3.05, 3.63) is 125 Å². The molecule has 0 saturated heterocycles. The Labute approximate surface area is 301 Å². The number of aromatic nitrogens is 2. The van der Waals surface area contributed by atoms with Crippen molar-refractivity contribution in [2.45, 2.75) is 19.0 Å². The quantitative estimate of drug-likeness (QED) is 0.150. The molecule has 4 aromatic carbocycles. The molecule has 0 unspecified atom stereocenters. The number of furan rings is 1. The number of nitrogens with one attached hydrogen (secondary N) is 2. The highest BCUT2D eigenvalue weighted by molar-refractivity contribution is 7.88. The molecule has 0 fully saturated rings. The molecule has 0 atom stereocenters. The van der Waals surface area contributed by atoms with Crippen molar-refractivity contribution in [3.63, 3.8) is 0 Å². The Bertz CT molecular complexity index is 2680. The lowest BCUT2D eigenvalue weighted by molar-refractivity contribution is 0.0964. The molecule has 0 bridgehead atoms. The number of fused-ring (bicyclic) bond motifs is 6. The number of carbonyl (C=O) groups is 1. The first-order valence-corrected chi connectivity index (χ1v) is 18.1. The number of nitrogens with zero attached hydrogens (tertiary/aromatic N) is 2. The maximum Gasteiger partial charge on any atom is 0.488 e. The lowest BCUT2D eigenvalue weighted by atomic mass is 9.80. The van der Waals surface area contributed by atoms with Gasteiger partial charge in [-0.3, -0.25) is 4.79 Å². The number of benzene rings is 4. The molecule has 266 valence electrons. The minimum Gasteiger partial charge on any atom is -0.470 e. The first-order chi connectivity index (χ1) is 25.5. The summed E-state index contributed by atoms with van der Waals surface area (Å²) in [7, 11) is -4.23. The zero-order valence-electron chi connectivity index (χ0n) is 27.9. The third kappa shape index (κ3) is 6.33. The van der Waals surface area contributed by atoms with Crippen LogP contribution in [0.3, 0.4) is 0 Å². The first-order valence-electron chi connectivity index (χ1n) is 16.4. The lowest BCUT2D eigenvalue weighted by Gasteiger charge is -2.21. The van der Waals surface area contributed by atoms with Crippen LogP contribution in [0.15, 0.2) is 101 Å². The van der Waals surface area contributed by atoms with Crippen LogP contribution >= 0.6 is 0 Å². The van der Waals surface area contributed by atoms with E-state index in [-0.39, 0.29) is 35.6 Å². The fourth-order valence-corrected chi connectivity index (χ4v) is 7.71. The fourth-order valence-electron chi connectivity index (χ4n) is 6.57. The van der Waals surface area contributed by atoms with Crippen molar-refractivity contribution in [1.29, 1.82) is 0 Å². The molecule has 0 saturated carbocycles. The summed E-state index contributed by atoms with van der Waals surface area (Å²) in [4.78, 5) is 18.3. The number of amides is 1. The first kappa shape index (κ1) is 34.2. The third-order valence-electron chi connectivity index (χ3n) is 9.21. The van der Waals surface area contributed by atoms with Gasteiger partial charge in [0, 0.05) is 35.5 Å². The molecular formula is C38H29BF2N4O7S. The van der Waals surface area contributed by atoms with Crippen molar-refractivity contribution in [1.82, 2.24) is 19.6 Å². The molecule has 4 heterocycles. The maximum atomic E-state index is 14.8. The van der Waals surface area contributed by atoms with E-state index in [1.165, 1.54) is 49.5 Å². The average molecular weight is 735 g/mol. The van der Waals surface area contributed by atoms with Gasteiger partial charge in [0.25, 0.3) is 5.91 Å². The fraction of sp³-hybridized carbons (Fsp3) is 0.105. The van der Waals surface area contributed by atoms with Crippen molar-refractivity contribution < 1.29 is 41.2 Å². The Balaban J connectivity index is 1.27. The second-order valence-electron chi connectivity index (χ2n) is 12.5. The van der Waals surface area contributed by atoms with Crippen LogP contribution < -0.4 is 20.2 Å². The second kappa shape index (κ2) is 13.3. The SMILES string of the molecule is CNC(=O)c1c(-c2ccc(F)cc2)oc2cc(CS(=O)(=O)NCc3ccc(B(O)O)cc3)c(-c3ccc4c(n3)-c3cc5c(F)cccc5n3CO4)cc12. The summed E-state index contributed by atoms with van der Waals surface area (Å²) in [5.74, 6) is -1.25. The van der Waals surface area contributed by atoms with Crippen LogP contribution in [-0.2, 0) is 29.1 Å². The van der Waals surface area contributed by atoms with Crippen LogP contribution in [0.1, 0.15) is 21.5 Å². The zero-order valence-corrected chi connectivity index (χ0v) is 28.7. The molecule has 1 aliphatic rings. The molecule has 3 aromatic heterocycles. The molecule has 7 aromatic rings. The van der Waals surface area contributed by atoms with Gasteiger partial charge in [-0.1, -0.05) is 30.3 Å². The molecule has 8 rings (SSSR count). The summed E-state index contributed by atoms with van der Waals surface area (Å²) in [5.41, 5.74) is 4.33. The third-order valence-corrected chi connectivity index (χ3v) is 10.5. The van der Waals surface area contributed by atoms with Crippen LogP contribution in [0.25, 0.3) is 55.8 Å². The zero-order chi connectivity index (χ0) is 37.0. The Morgan fingerprint density at radius 1 is 0.962 bits per heavy atom. The monoisotopic (exact) mass is 734 g/mol.